The highest BCUT2D eigenvalue weighted by molar-refractivity contribution is 7.98. The molecule has 2 aromatic carbocycles. The first-order valence-corrected chi connectivity index (χ1v) is 7.11. The van der Waals surface area contributed by atoms with E-state index in [0.717, 1.165) is 11.3 Å². The third kappa shape index (κ3) is 3.20. The maximum Gasteiger partial charge on any atom is 0.115 e. The normalized spacial score (nSPS) is 12.1. The van der Waals surface area contributed by atoms with Gasteiger partial charge in [-0.3, -0.25) is 0 Å². The number of benzene rings is 2. The minimum atomic E-state index is 0.161. The minimum absolute atomic E-state index is 0.161. The maximum absolute atomic E-state index is 9.48. The Morgan fingerprint density at radius 3 is 2.61 bits per heavy atom. The number of hydrogen-bond donors (Lipinski definition) is 2. The summed E-state index contributed by atoms with van der Waals surface area (Å²) in [5.74, 6) is 0.305. The number of phenolic OH excluding ortho intramolecular Hbond substituents is 1. The highest BCUT2D eigenvalue weighted by Gasteiger charge is 2.06. The molecule has 2 rings (SSSR count). The summed E-state index contributed by atoms with van der Waals surface area (Å²) in [5.41, 5.74) is 2.17. The van der Waals surface area contributed by atoms with Crippen LogP contribution in [0.15, 0.2) is 53.4 Å². The van der Waals surface area contributed by atoms with Gasteiger partial charge in [0.2, 0.25) is 0 Å². The maximum atomic E-state index is 9.48. The Balaban J connectivity index is 2.13. The molecule has 0 spiro atoms. The number of hydrogen-bond acceptors (Lipinski definition) is 3. The molecule has 0 heterocycles. The van der Waals surface area contributed by atoms with E-state index in [-0.39, 0.29) is 6.04 Å². The average Bonchev–Trinajstić information content (AvgIpc) is 2.39. The van der Waals surface area contributed by atoms with Crippen molar-refractivity contribution in [1.29, 1.82) is 0 Å². The van der Waals surface area contributed by atoms with E-state index < -0.39 is 0 Å². The van der Waals surface area contributed by atoms with Gasteiger partial charge in [0.25, 0.3) is 0 Å². The van der Waals surface area contributed by atoms with Gasteiger partial charge in [0.05, 0.1) is 0 Å². The highest BCUT2D eigenvalue weighted by Crippen LogP contribution is 2.24. The summed E-state index contributed by atoms with van der Waals surface area (Å²) in [6.07, 6.45) is 2.07. The second kappa shape index (κ2) is 5.83. The molecule has 2 N–H and O–H groups in total. The van der Waals surface area contributed by atoms with Crippen LogP contribution in [0.4, 0.5) is 5.69 Å². The standard InChI is InChI=1S/C15H17NOS/c1-11(12-5-3-7-14(17)9-12)16-13-6-4-8-15(10-13)18-2/h3-11,16-17H,1-2H3. The highest BCUT2D eigenvalue weighted by atomic mass is 32.2. The van der Waals surface area contributed by atoms with Crippen molar-refractivity contribution >= 4 is 17.4 Å². The van der Waals surface area contributed by atoms with Crippen molar-refractivity contribution in [2.75, 3.05) is 11.6 Å². The van der Waals surface area contributed by atoms with Gasteiger partial charge in [-0.25, -0.2) is 0 Å². The van der Waals surface area contributed by atoms with Crippen molar-refractivity contribution in [2.24, 2.45) is 0 Å². The zero-order chi connectivity index (χ0) is 13.0. The van der Waals surface area contributed by atoms with Crippen LogP contribution in [0, 0.1) is 0 Å². The molecule has 2 aromatic rings. The molecular weight excluding hydrogens is 242 g/mol. The molecule has 0 aliphatic rings. The Hall–Kier alpha value is -1.61. The van der Waals surface area contributed by atoms with Crippen molar-refractivity contribution < 1.29 is 5.11 Å². The monoisotopic (exact) mass is 259 g/mol. The van der Waals surface area contributed by atoms with Gasteiger partial charge >= 0.3 is 0 Å². The van der Waals surface area contributed by atoms with Gasteiger partial charge in [-0.15, -0.1) is 11.8 Å². The quantitative estimate of drug-likeness (QED) is 0.803. The molecule has 18 heavy (non-hydrogen) atoms. The van der Waals surface area contributed by atoms with Gasteiger partial charge in [0.15, 0.2) is 0 Å². The Morgan fingerprint density at radius 1 is 1.11 bits per heavy atom. The lowest BCUT2D eigenvalue weighted by atomic mass is 10.1. The molecule has 1 unspecified atom stereocenters. The lowest BCUT2D eigenvalue weighted by Crippen LogP contribution is -2.06. The summed E-state index contributed by atoms with van der Waals surface area (Å²) < 4.78 is 0. The predicted octanol–water partition coefficient (Wildman–Crippen LogP) is 4.29. The van der Waals surface area contributed by atoms with Gasteiger partial charge in [-0.1, -0.05) is 18.2 Å². The smallest absolute Gasteiger partial charge is 0.115 e. The average molecular weight is 259 g/mol. The van der Waals surface area contributed by atoms with Gasteiger partial charge < -0.3 is 10.4 Å². The lowest BCUT2D eigenvalue weighted by Gasteiger charge is -2.16. The van der Waals surface area contributed by atoms with Crippen LogP contribution in [0.2, 0.25) is 0 Å². The van der Waals surface area contributed by atoms with Crippen LogP contribution < -0.4 is 5.32 Å². The first-order valence-electron chi connectivity index (χ1n) is 5.88. The van der Waals surface area contributed by atoms with Gasteiger partial charge in [-0.05, 0) is 49.1 Å². The topological polar surface area (TPSA) is 32.3 Å². The van der Waals surface area contributed by atoms with Crippen molar-refractivity contribution in [1.82, 2.24) is 0 Å². The number of aromatic hydroxyl groups is 1. The second-order valence-corrected chi connectivity index (χ2v) is 5.07. The van der Waals surface area contributed by atoms with Crippen LogP contribution in [-0.4, -0.2) is 11.4 Å². The number of thioether (sulfide) groups is 1. The van der Waals surface area contributed by atoms with Gasteiger partial charge in [0.1, 0.15) is 5.75 Å². The molecule has 0 aromatic heterocycles. The van der Waals surface area contributed by atoms with E-state index in [4.69, 9.17) is 0 Å². The summed E-state index contributed by atoms with van der Waals surface area (Å²) in [7, 11) is 0. The van der Waals surface area contributed by atoms with E-state index in [1.165, 1.54) is 4.90 Å². The molecule has 94 valence electrons. The van der Waals surface area contributed by atoms with E-state index in [1.54, 1.807) is 23.9 Å². The number of rotatable bonds is 4. The van der Waals surface area contributed by atoms with Crippen LogP contribution in [-0.2, 0) is 0 Å². The van der Waals surface area contributed by atoms with Crippen LogP contribution in [0.25, 0.3) is 0 Å². The second-order valence-electron chi connectivity index (χ2n) is 4.19. The SMILES string of the molecule is CSc1cccc(NC(C)c2cccc(O)c2)c1. The van der Waals surface area contributed by atoms with Crippen molar-refractivity contribution in [3.8, 4) is 5.75 Å². The number of anilines is 1. The van der Waals surface area contributed by atoms with E-state index in [2.05, 4.69) is 36.7 Å². The Morgan fingerprint density at radius 2 is 1.89 bits per heavy atom. The van der Waals surface area contributed by atoms with Crippen molar-refractivity contribution in [3.63, 3.8) is 0 Å². The van der Waals surface area contributed by atoms with Crippen molar-refractivity contribution in [3.05, 3.63) is 54.1 Å². The molecule has 3 heteroatoms. The van der Waals surface area contributed by atoms with Gasteiger partial charge in [0, 0.05) is 16.6 Å². The fourth-order valence-corrected chi connectivity index (χ4v) is 2.30. The van der Waals surface area contributed by atoms with E-state index in [9.17, 15) is 5.11 Å². The van der Waals surface area contributed by atoms with E-state index >= 15 is 0 Å². The summed E-state index contributed by atoms with van der Waals surface area (Å²) in [4.78, 5) is 1.24. The molecule has 0 amide bonds. The molecule has 0 bridgehead atoms. The fourth-order valence-electron chi connectivity index (χ4n) is 1.84. The largest absolute Gasteiger partial charge is 0.508 e. The molecule has 0 radical (unpaired) electrons. The third-order valence-corrected chi connectivity index (χ3v) is 3.55. The Labute approximate surface area is 112 Å². The number of phenols is 1. The van der Waals surface area contributed by atoms with E-state index in [0.29, 0.717) is 5.75 Å². The molecule has 1 atom stereocenters. The van der Waals surface area contributed by atoms with Crippen LogP contribution in [0.3, 0.4) is 0 Å². The lowest BCUT2D eigenvalue weighted by molar-refractivity contribution is 0.474. The molecule has 0 aliphatic heterocycles. The molecular formula is C15H17NOS. The van der Waals surface area contributed by atoms with Crippen molar-refractivity contribution in [2.45, 2.75) is 17.9 Å². The van der Waals surface area contributed by atoms with Crippen LogP contribution in [0.5, 0.6) is 5.75 Å². The molecule has 2 nitrogen and oxygen atoms in total. The first kappa shape index (κ1) is 12.8. The van der Waals surface area contributed by atoms with Crippen LogP contribution >= 0.6 is 11.8 Å². The van der Waals surface area contributed by atoms with E-state index in [1.807, 2.05) is 18.2 Å². The summed E-state index contributed by atoms with van der Waals surface area (Å²) in [6, 6.07) is 15.8. The van der Waals surface area contributed by atoms with Crippen LogP contribution in [0.1, 0.15) is 18.5 Å². The zero-order valence-corrected chi connectivity index (χ0v) is 11.4. The minimum Gasteiger partial charge on any atom is -0.508 e. The molecule has 0 saturated heterocycles. The Kier molecular flexibility index (Phi) is 4.15. The third-order valence-electron chi connectivity index (χ3n) is 2.82. The molecule has 0 fully saturated rings. The first-order chi connectivity index (χ1) is 8.69. The number of nitrogens with one attached hydrogen (secondary N) is 1. The fraction of sp³-hybridized carbons (Fsp3) is 0.200. The Bertz CT molecular complexity index is 527. The zero-order valence-electron chi connectivity index (χ0n) is 10.6. The predicted molar refractivity (Wildman–Crippen MR) is 78.4 cm³/mol. The summed E-state index contributed by atoms with van der Waals surface area (Å²) in [5, 5.41) is 12.9. The molecule has 0 saturated carbocycles. The molecule has 0 aliphatic carbocycles. The van der Waals surface area contributed by atoms with Gasteiger partial charge in [-0.2, -0.15) is 0 Å². The summed E-state index contributed by atoms with van der Waals surface area (Å²) >= 11 is 1.73. The summed E-state index contributed by atoms with van der Waals surface area (Å²) in [6.45, 7) is 2.08.